The van der Waals surface area contributed by atoms with Gasteiger partial charge >= 0.3 is 0 Å². The molecule has 1 heterocycles. The van der Waals surface area contributed by atoms with Crippen LogP contribution in [0.5, 0.6) is 0 Å². The normalized spacial score (nSPS) is 24.5. The molecule has 1 aromatic carbocycles. The molecule has 0 bridgehead atoms. The summed E-state index contributed by atoms with van der Waals surface area (Å²) in [5.74, 6) is 0. The van der Waals surface area contributed by atoms with Crippen molar-refractivity contribution in [1.29, 1.82) is 0 Å². The highest BCUT2D eigenvalue weighted by atomic mass is 16.5. The Morgan fingerprint density at radius 1 is 1.29 bits per heavy atom. The highest BCUT2D eigenvalue weighted by Gasteiger charge is 2.21. The van der Waals surface area contributed by atoms with Gasteiger partial charge in [0.15, 0.2) is 0 Å². The summed E-state index contributed by atoms with van der Waals surface area (Å²) in [4.78, 5) is 0. The summed E-state index contributed by atoms with van der Waals surface area (Å²) in [5.41, 5.74) is 1.22. The second-order valence-corrected chi connectivity index (χ2v) is 4.48. The van der Waals surface area contributed by atoms with Crippen LogP contribution in [0.4, 0.5) is 0 Å². The van der Waals surface area contributed by atoms with Gasteiger partial charge in [-0.05, 0) is 24.8 Å². The molecule has 0 amide bonds. The van der Waals surface area contributed by atoms with Crippen LogP contribution >= 0.6 is 0 Å². The van der Waals surface area contributed by atoms with E-state index in [0.29, 0.717) is 19.3 Å². The molecule has 0 saturated carbocycles. The Hall–Kier alpha value is -1.12. The van der Waals surface area contributed by atoms with Gasteiger partial charge in [0.05, 0.1) is 25.4 Å². The lowest BCUT2D eigenvalue weighted by Crippen LogP contribution is -2.31. The number of hydrogen-bond donors (Lipinski definition) is 0. The Morgan fingerprint density at radius 3 is 2.76 bits per heavy atom. The van der Waals surface area contributed by atoms with Crippen LogP contribution in [0.15, 0.2) is 43.0 Å². The van der Waals surface area contributed by atoms with E-state index in [1.54, 1.807) is 0 Å². The molecule has 1 saturated heterocycles. The monoisotopic (exact) mass is 232 g/mol. The fourth-order valence-electron chi connectivity index (χ4n) is 2.07. The molecule has 2 rings (SSSR count). The van der Waals surface area contributed by atoms with E-state index < -0.39 is 0 Å². The topological polar surface area (TPSA) is 18.5 Å². The second-order valence-electron chi connectivity index (χ2n) is 4.48. The van der Waals surface area contributed by atoms with Crippen molar-refractivity contribution in [1.82, 2.24) is 0 Å². The molecule has 2 atom stereocenters. The van der Waals surface area contributed by atoms with Crippen LogP contribution in [0.2, 0.25) is 0 Å². The van der Waals surface area contributed by atoms with Crippen molar-refractivity contribution >= 4 is 0 Å². The van der Waals surface area contributed by atoms with E-state index >= 15 is 0 Å². The van der Waals surface area contributed by atoms with E-state index in [4.69, 9.17) is 9.47 Å². The van der Waals surface area contributed by atoms with Gasteiger partial charge in [0.1, 0.15) is 0 Å². The molecule has 1 aromatic rings. The largest absolute Gasteiger partial charge is 0.375 e. The molecule has 1 fully saturated rings. The highest BCUT2D eigenvalue weighted by molar-refractivity contribution is 5.13. The molecule has 0 aliphatic carbocycles. The Kier molecular flexibility index (Phi) is 4.77. The zero-order valence-corrected chi connectivity index (χ0v) is 10.2. The molecular formula is C15H20O2. The Balaban J connectivity index is 1.70. The molecule has 0 N–H and O–H groups in total. The maximum Gasteiger partial charge on any atom is 0.0814 e. The molecule has 0 aromatic heterocycles. The van der Waals surface area contributed by atoms with Gasteiger partial charge in [-0.3, -0.25) is 0 Å². The van der Waals surface area contributed by atoms with Gasteiger partial charge in [0.2, 0.25) is 0 Å². The van der Waals surface area contributed by atoms with E-state index in [2.05, 4.69) is 18.7 Å². The number of benzene rings is 1. The van der Waals surface area contributed by atoms with Crippen molar-refractivity contribution in [3.8, 4) is 0 Å². The Labute approximate surface area is 103 Å². The molecule has 1 aliphatic rings. The quantitative estimate of drug-likeness (QED) is 0.725. The minimum atomic E-state index is 0.247. The average molecular weight is 232 g/mol. The van der Waals surface area contributed by atoms with Crippen LogP contribution in [0.1, 0.15) is 24.8 Å². The van der Waals surface area contributed by atoms with Crippen molar-refractivity contribution < 1.29 is 9.47 Å². The van der Waals surface area contributed by atoms with Gasteiger partial charge < -0.3 is 9.47 Å². The second kappa shape index (κ2) is 6.58. The summed E-state index contributed by atoms with van der Waals surface area (Å²) in [6.45, 7) is 5.13. The summed E-state index contributed by atoms with van der Waals surface area (Å²) in [7, 11) is 0. The molecule has 0 radical (unpaired) electrons. The summed E-state index contributed by atoms with van der Waals surface area (Å²) >= 11 is 0. The van der Waals surface area contributed by atoms with Crippen LogP contribution in [0.25, 0.3) is 0 Å². The van der Waals surface area contributed by atoms with Crippen molar-refractivity contribution in [2.45, 2.75) is 38.1 Å². The van der Waals surface area contributed by atoms with Crippen LogP contribution in [-0.2, 0) is 16.1 Å². The van der Waals surface area contributed by atoms with Crippen molar-refractivity contribution in [3.05, 3.63) is 48.6 Å². The lowest BCUT2D eigenvalue weighted by molar-refractivity contribution is -0.0893. The Bertz CT molecular complexity index is 326. The Morgan fingerprint density at radius 2 is 2.12 bits per heavy atom. The first-order valence-corrected chi connectivity index (χ1v) is 6.26. The predicted molar refractivity (Wildman–Crippen MR) is 68.8 cm³/mol. The van der Waals surface area contributed by atoms with Gasteiger partial charge in [0.25, 0.3) is 0 Å². The van der Waals surface area contributed by atoms with E-state index in [9.17, 15) is 0 Å². The average Bonchev–Trinajstić information content (AvgIpc) is 2.40. The van der Waals surface area contributed by atoms with Crippen LogP contribution in [-0.4, -0.2) is 18.8 Å². The third-order valence-electron chi connectivity index (χ3n) is 3.09. The zero-order chi connectivity index (χ0) is 11.9. The first-order valence-electron chi connectivity index (χ1n) is 6.26. The maximum absolute atomic E-state index is 5.84. The molecule has 2 heteroatoms. The number of ether oxygens (including phenoxy) is 2. The summed E-state index contributed by atoms with van der Waals surface area (Å²) in [5, 5.41) is 0. The number of hydrogen-bond acceptors (Lipinski definition) is 2. The third-order valence-corrected chi connectivity index (χ3v) is 3.09. The lowest BCUT2D eigenvalue weighted by atomic mass is 10.0. The predicted octanol–water partition coefficient (Wildman–Crippen LogP) is 3.33. The van der Waals surface area contributed by atoms with Gasteiger partial charge in [-0.25, -0.2) is 0 Å². The van der Waals surface area contributed by atoms with Crippen LogP contribution < -0.4 is 0 Å². The summed E-state index contributed by atoms with van der Waals surface area (Å²) in [6, 6.07) is 10.3. The fraction of sp³-hybridized carbons (Fsp3) is 0.467. The fourth-order valence-corrected chi connectivity index (χ4v) is 2.07. The molecule has 1 aliphatic heterocycles. The summed E-state index contributed by atoms with van der Waals surface area (Å²) < 4.78 is 11.6. The lowest BCUT2D eigenvalue weighted by Gasteiger charge is -2.28. The molecule has 92 valence electrons. The third kappa shape index (κ3) is 3.99. The standard InChI is InChI=1S/C15H20O2/c1-2-6-14-9-10-15(12-17-14)16-11-13-7-4-3-5-8-13/h2-5,7-8,14-15H,1,6,9-12H2/t14-,15+/m1/s1. The van der Waals surface area contributed by atoms with E-state index in [1.165, 1.54) is 5.56 Å². The minimum absolute atomic E-state index is 0.247. The smallest absolute Gasteiger partial charge is 0.0814 e. The minimum Gasteiger partial charge on any atom is -0.375 e. The number of rotatable bonds is 5. The van der Waals surface area contributed by atoms with Gasteiger partial charge in [0, 0.05) is 0 Å². The molecule has 2 nitrogen and oxygen atoms in total. The molecule has 17 heavy (non-hydrogen) atoms. The van der Waals surface area contributed by atoms with Crippen molar-refractivity contribution in [2.24, 2.45) is 0 Å². The van der Waals surface area contributed by atoms with Crippen LogP contribution in [0.3, 0.4) is 0 Å². The van der Waals surface area contributed by atoms with Crippen LogP contribution in [0, 0.1) is 0 Å². The van der Waals surface area contributed by atoms with Crippen molar-refractivity contribution in [3.63, 3.8) is 0 Å². The first kappa shape index (κ1) is 12.3. The first-order chi connectivity index (χ1) is 8.38. The molecule has 0 spiro atoms. The molecule has 0 unspecified atom stereocenters. The van der Waals surface area contributed by atoms with Gasteiger partial charge in [-0.2, -0.15) is 0 Å². The van der Waals surface area contributed by atoms with E-state index in [1.807, 2.05) is 24.3 Å². The van der Waals surface area contributed by atoms with E-state index in [0.717, 1.165) is 19.3 Å². The maximum atomic E-state index is 5.84. The van der Waals surface area contributed by atoms with E-state index in [-0.39, 0.29) is 6.10 Å². The highest BCUT2D eigenvalue weighted by Crippen LogP contribution is 2.19. The van der Waals surface area contributed by atoms with Crippen molar-refractivity contribution in [2.75, 3.05) is 6.61 Å². The SMILES string of the molecule is C=CC[C@@H]1CC[C@H](OCc2ccccc2)CO1. The zero-order valence-electron chi connectivity index (χ0n) is 10.2. The van der Waals surface area contributed by atoms with Gasteiger partial charge in [-0.15, -0.1) is 6.58 Å². The van der Waals surface area contributed by atoms with Gasteiger partial charge in [-0.1, -0.05) is 36.4 Å². The molecular weight excluding hydrogens is 212 g/mol. The summed E-state index contributed by atoms with van der Waals surface area (Å²) in [6.07, 6.45) is 5.64.